The van der Waals surface area contributed by atoms with Crippen LogP contribution in [-0.2, 0) is 0 Å². The van der Waals surface area contributed by atoms with Crippen molar-refractivity contribution in [3.8, 4) is 0 Å². The second-order valence-corrected chi connectivity index (χ2v) is 8.32. The van der Waals surface area contributed by atoms with Crippen LogP contribution in [0.2, 0.25) is 0 Å². The van der Waals surface area contributed by atoms with Crippen LogP contribution in [0.25, 0.3) is 11.3 Å². The standard InChI is InChI=1S/C27H35N3/c1-6-8-22(7-2)24-15-16-28-27(18-24)30-26-13-11-25(12-14-26)29-21(5)23-10-9-19(3)20(4)17-23/h7-10,15-18,25-26,29H,2,5-6,11-14H2,1,3-4H3,(H,28,30)/b22-8+. The molecule has 1 saturated carbocycles. The number of anilines is 1. The van der Waals surface area contributed by atoms with Crippen molar-refractivity contribution < 1.29 is 0 Å². The number of rotatable bonds is 8. The first-order valence-corrected chi connectivity index (χ1v) is 11.1. The van der Waals surface area contributed by atoms with Gasteiger partial charge in [0, 0.05) is 24.0 Å². The minimum absolute atomic E-state index is 0.461. The van der Waals surface area contributed by atoms with Crippen molar-refractivity contribution in [2.24, 2.45) is 0 Å². The molecule has 1 heterocycles. The summed E-state index contributed by atoms with van der Waals surface area (Å²) in [4.78, 5) is 4.53. The Kier molecular flexibility index (Phi) is 7.51. The fourth-order valence-corrected chi connectivity index (χ4v) is 4.08. The van der Waals surface area contributed by atoms with Crippen molar-refractivity contribution in [3.05, 3.63) is 84.1 Å². The molecule has 3 heteroatoms. The zero-order valence-electron chi connectivity index (χ0n) is 18.7. The van der Waals surface area contributed by atoms with Gasteiger partial charge >= 0.3 is 0 Å². The van der Waals surface area contributed by atoms with Gasteiger partial charge in [0.2, 0.25) is 0 Å². The van der Waals surface area contributed by atoms with Crippen molar-refractivity contribution in [1.29, 1.82) is 0 Å². The third-order valence-electron chi connectivity index (χ3n) is 6.05. The van der Waals surface area contributed by atoms with Crippen molar-refractivity contribution in [1.82, 2.24) is 10.3 Å². The predicted octanol–water partition coefficient (Wildman–Crippen LogP) is 6.66. The Morgan fingerprint density at radius 2 is 1.77 bits per heavy atom. The smallest absolute Gasteiger partial charge is 0.126 e. The van der Waals surface area contributed by atoms with E-state index in [1.54, 1.807) is 0 Å². The molecule has 158 valence electrons. The van der Waals surface area contributed by atoms with E-state index in [9.17, 15) is 0 Å². The summed E-state index contributed by atoms with van der Waals surface area (Å²) in [5.74, 6) is 0.951. The number of nitrogens with zero attached hydrogens (tertiary/aromatic N) is 1. The van der Waals surface area contributed by atoms with Gasteiger partial charge in [0.15, 0.2) is 0 Å². The third kappa shape index (κ3) is 5.63. The van der Waals surface area contributed by atoms with E-state index in [0.29, 0.717) is 12.1 Å². The number of benzene rings is 1. The van der Waals surface area contributed by atoms with E-state index >= 15 is 0 Å². The highest BCUT2D eigenvalue weighted by molar-refractivity contribution is 5.74. The average molecular weight is 402 g/mol. The van der Waals surface area contributed by atoms with Crippen LogP contribution in [0.3, 0.4) is 0 Å². The van der Waals surface area contributed by atoms with E-state index in [1.165, 1.54) is 27.8 Å². The summed E-state index contributed by atoms with van der Waals surface area (Å²) < 4.78 is 0. The highest BCUT2D eigenvalue weighted by atomic mass is 15.0. The second-order valence-electron chi connectivity index (χ2n) is 8.32. The van der Waals surface area contributed by atoms with Crippen LogP contribution in [0.5, 0.6) is 0 Å². The Morgan fingerprint density at radius 3 is 2.43 bits per heavy atom. The van der Waals surface area contributed by atoms with Gasteiger partial charge in [-0.1, -0.05) is 44.4 Å². The van der Waals surface area contributed by atoms with E-state index < -0.39 is 0 Å². The Labute approximate surface area is 182 Å². The van der Waals surface area contributed by atoms with Crippen LogP contribution in [0.4, 0.5) is 5.82 Å². The SMILES string of the molecule is C=C/C(=C\CC)c1ccnc(NC2CCC(NC(=C)c3ccc(C)c(C)c3)CC2)c1. The molecule has 0 bridgehead atoms. The number of aryl methyl sites for hydroxylation is 2. The largest absolute Gasteiger partial charge is 0.382 e. The molecule has 2 N–H and O–H groups in total. The average Bonchev–Trinajstić information content (AvgIpc) is 2.75. The zero-order chi connectivity index (χ0) is 21.5. The van der Waals surface area contributed by atoms with Gasteiger partial charge in [0.25, 0.3) is 0 Å². The molecule has 0 radical (unpaired) electrons. The molecule has 0 atom stereocenters. The Hall–Kier alpha value is -2.81. The molecule has 1 aromatic heterocycles. The first-order valence-electron chi connectivity index (χ1n) is 11.1. The highest BCUT2D eigenvalue weighted by Gasteiger charge is 2.22. The van der Waals surface area contributed by atoms with E-state index in [4.69, 9.17) is 0 Å². The molecule has 3 rings (SSSR count). The molecular weight excluding hydrogens is 366 g/mol. The molecule has 0 aliphatic heterocycles. The van der Waals surface area contributed by atoms with Gasteiger partial charge in [-0.2, -0.15) is 0 Å². The molecule has 3 nitrogen and oxygen atoms in total. The van der Waals surface area contributed by atoms with Crippen LogP contribution >= 0.6 is 0 Å². The van der Waals surface area contributed by atoms with Gasteiger partial charge in [-0.25, -0.2) is 4.98 Å². The van der Waals surface area contributed by atoms with Gasteiger partial charge < -0.3 is 10.6 Å². The summed E-state index contributed by atoms with van der Waals surface area (Å²) >= 11 is 0. The summed E-state index contributed by atoms with van der Waals surface area (Å²) in [5, 5.41) is 7.29. The Bertz CT molecular complexity index is 917. The topological polar surface area (TPSA) is 37.0 Å². The lowest BCUT2D eigenvalue weighted by Crippen LogP contribution is -2.36. The molecule has 0 amide bonds. The van der Waals surface area contributed by atoms with Gasteiger partial charge in [-0.05, 0) is 92.0 Å². The summed E-state index contributed by atoms with van der Waals surface area (Å²) in [6.07, 6.45) is 11.5. The van der Waals surface area contributed by atoms with Crippen LogP contribution < -0.4 is 10.6 Å². The van der Waals surface area contributed by atoms with Crippen LogP contribution in [0, 0.1) is 13.8 Å². The summed E-state index contributed by atoms with van der Waals surface area (Å²) in [6.45, 7) is 14.7. The van der Waals surface area contributed by atoms with Crippen molar-refractivity contribution in [2.75, 3.05) is 5.32 Å². The molecule has 0 unspecified atom stereocenters. The maximum atomic E-state index is 4.53. The maximum absolute atomic E-state index is 4.53. The number of allylic oxidation sites excluding steroid dienone is 3. The number of aromatic nitrogens is 1. The number of hydrogen-bond acceptors (Lipinski definition) is 3. The maximum Gasteiger partial charge on any atom is 0.126 e. The van der Waals surface area contributed by atoms with Crippen molar-refractivity contribution in [2.45, 2.75) is 65.0 Å². The normalized spacial score (nSPS) is 19.2. The molecule has 30 heavy (non-hydrogen) atoms. The molecule has 1 aliphatic carbocycles. The minimum Gasteiger partial charge on any atom is -0.382 e. The van der Waals surface area contributed by atoms with E-state index in [0.717, 1.165) is 43.6 Å². The van der Waals surface area contributed by atoms with Gasteiger partial charge in [0.05, 0.1) is 0 Å². The number of nitrogens with one attached hydrogen (secondary N) is 2. The van der Waals surface area contributed by atoms with Crippen LogP contribution in [-0.4, -0.2) is 17.1 Å². The molecular formula is C27H35N3. The molecule has 1 aliphatic rings. The van der Waals surface area contributed by atoms with Crippen molar-refractivity contribution in [3.63, 3.8) is 0 Å². The monoisotopic (exact) mass is 401 g/mol. The fraction of sp³-hybridized carbons (Fsp3) is 0.370. The quantitative estimate of drug-likeness (QED) is 0.486. The van der Waals surface area contributed by atoms with Gasteiger partial charge in [-0.3, -0.25) is 0 Å². The fourth-order valence-electron chi connectivity index (χ4n) is 4.08. The second kappa shape index (κ2) is 10.3. The van der Waals surface area contributed by atoms with Crippen LogP contribution in [0.1, 0.15) is 61.3 Å². The molecule has 0 saturated heterocycles. The van der Waals surface area contributed by atoms with E-state index in [1.807, 2.05) is 18.3 Å². The number of pyridine rings is 1. The molecule has 1 aromatic carbocycles. The van der Waals surface area contributed by atoms with Crippen LogP contribution in [0.15, 0.2) is 61.8 Å². The zero-order valence-corrected chi connectivity index (χ0v) is 18.7. The van der Waals surface area contributed by atoms with E-state index in [-0.39, 0.29) is 0 Å². The molecule has 1 fully saturated rings. The highest BCUT2D eigenvalue weighted by Crippen LogP contribution is 2.25. The van der Waals surface area contributed by atoms with Gasteiger partial charge in [0.1, 0.15) is 5.82 Å². The summed E-state index contributed by atoms with van der Waals surface area (Å²) in [6, 6.07) is 11.7. The lowest BCUT2D eigenvalue weighted by Gasteiger charge is -2.31. The van der Waals surface area contributed by atoms with Crippen molar-refractivity contribution >= 4 is 17.1 Å². The minimum atomic E-state index is 0.461. The third-order valence-corrected chi connectivity index (χ3v) is 6.05. The first kappa shape index (κ1) is 21.9. The van der Waals surface area contributed by atoms with Gasteiger partial charge in [-0.15, -0.1) is 0 Å². The lowest BCUT2D eigenvalue weighted by atomic mass is 9.90. The molecule has 0 spiro atoms. The Balaban J connectivity index is 1.53. The molecule has 2 aromatic rings. The summed E-state index contributed by atoms with van der Waals surface area (Å²) in [7, 11) is 0. The lowest BCUT2D eigenvalue weighted by molar-refractivity contribution is 0.383. The predicted molar refractivity (Wildman–Crippen MR) is 130 cm³/mol. The van der Waals surface area contributed by atoms with E-state index in [2.05, 4.69) is 79.9 Å². The Morgan fingerprint density at radius 1 is 1.03 bits per heavy atom. The first-order chi connectivity index (χ1) is 14.5. The summed E-state index contributed by atoms with van der Waals surface area (Å²) in [5.41, 5.74) is 7.19. The number of hydrogen-bond donors (Lipinski definition) is 2.